The van der Waals surface area contributed by atoms with Crippen molar-refractivity contribution in [2.45, 2.75) is 13.8 Å². The van der Waals surface area contributed by atoms with Crippen LogP contribution in [0.1, 0.15) is 13.8 Å². The van der Waals surface area contributed by atoms with Crippen LogP contribution in [0.5, 0.6) is 0 Å². The minimum atomic E-state index is -0.511. The van der Waals surface area contributed by atoms with E-state index in [2.05, 4.69) is 109 Å². The van der Waals surface area contributed by atoms with Crippen LogP contribution in [0, 0.1) is 71.2 Å². The Morgan fingerprint density at radius 2 is 0.935 bits per heavy atom. The minimum absolute atomic E-state index is 0. The molecule has 8 nitrogen and oxygen atoms in total. The van der Waals surface area contributed by atoms with Crippen LogP contribution in [0.4, 0.5) is 0 Å². The molecule has 1 unspecified atom stereocenters. The monoisotopic (exact) mass is 567 g/mol. The van der Waals surface area contributed by atoms with Gasteiger partial charge in [0.05, 0.1) is 0 Å². The molecule has 0 N–H and O–H groups in total. The van der Waals surface area contributed by atoms with Gasteiger partial charge in [0.1, 0.15) is 0 Å². The molecule has 0 fully saturated rings. The first-order chi connectivity index (χ1) is 14.3. The Kier molecular flexibility index (Phi) is 129. The first-order valence-electron chi connectivity index (χ1n) is 6.20. The molecule has 1 atom stereocenters. The molecule has 160 valence electrons. The van der Waals surface area contributed by atoms with Gasteiger partial charge in [-0.05, 0) is 0 Å². The molecule has 0 bridgehead atoms. The summed E-state index contributed by atoms with van der Waals surface area (Å²) in [5, 5.41) is 1.49. The van der Waals surface area contributed by atoms with Crippen LogP contribution in [0.15, 0.2) is 30.3 Å². The van der Waals surface area contributed by atoms with Crippen LogP contribution in [0.3, 0.4) is 0 Å². The molecule has 0 spiro atoms. The normalized spacial score (nSPS) is 10.8. The van der Waals surface area contributed by atoms with Gasteiger partial charge in [-0.3, -0.25) is 13.3 Å². The van der Waals surface area contributed by atoms with Crippen molar-refractivity contribution >= 4 is 18.6 Å². The zero-order chi connectivity index (χ0) is 25.3. The van der Waals surface area contributed by atoms with Gasteiger partial charge in [-0.15, -0.1) is 0 Å². The zero-order valence-electron chi connectivity index (χ0n) is 16.1. The molecule has 2 rings (SSSR count). The second-order valence-corrected chi connectivity index (χ2v) is 5.54. The van der Waals surface area contributed by atoms with E-state index in [4.69, 9.17) is 37.2 Å². The van der Waals surface area contributed by atoms with Crippen molar-refractivity contribution in [3.05, 3.63) is 102 Å². The summed E-state index contributed by atoms with van der Waals surface area (Å²) < 4.78 is 60.0. The second-order valence-electron chi connectivity index (χ2n) is 3.48. The van der Waals surface area contributed by atoms with Crippen molar-refractivity contribution in [3.8, 4) is 0 Å². The molecule has 1 aromatic rings. The molecular weight excluding hydrogens is 551 g/mol. The van der Waals surface area contributed by atoms with Gasteiger partial charge < -0.3 is 18.0 Å². The third-order valence-electron chi connectivity index (χ3n) is 2.47. The van der Waals surface area contributed by atoms with Crippen LogP contribution in [-0.4, -0.2) is 5.80 Å². The van der Waals surface area contributed by atoms with Gasteiger partial charge in [0, 0.05) is 21.1 Å². The van der Waals surface area contributed by atoms with Gasteiger partial charge in [0.15, 0.2) is 0 Å². The van der Waals surface area contributed by atoms with Crippen molar-refractivity contribution in [2.24, 2.45) is 0 Å². The van der Waals surface area contributed by atoms with E-state index in [0.717, 1.165) is 0 Å². The Morgan fingerprint density at radius 1 is 0.645 bits per heavy atom. The SMILES string of the molecule is C[C-]1C=[PH](c2ccccc2)[CH-][C-]1C.[C-]#[O+].[C-]#[O+].[C-]#[O+].[C-]#[O+].[C-]#[O+].[C-]#[O+].[C-]#[O+].[C-]#[O+].[Fe+4].[Mo]. The van der Waals surface area contributed by atoms with E-state index in [1.807, 2.05) is 0 Å². The Labute approximate surface area is 208 Å². The Bertz CT molecular complexity index is 574. The molecule has 1 heterocycles. The Balaban J connectivity index is -0.0000000331. The van der Waals surface area contributed by atoms with E-state index in [1.165, 1.54) is 17.1 Å². The van der Waals surface area contributed by atoms with Crippen LogP contribution in [0.2, 0.25) is 0 Å². The quantitative estimate of drug-likeness (QED) is 0.212. The van der Waals surface area contributed by atoms with Crippen LogP contribution < -0.4 is 5.30 Å². The predicted octanol–water partition coefficient (Wildman–Crippen LogP) is 2.39. The fourth-order valence-electron chi connectivity index (χ4n) is 1.53. The van der Waals surface area contributed by atoms with Crippen LogP contribution in [0.25, 0.3) is 0 Å². The topological polar surface area (TPSA) is 159 Å². The van der Waals surface area contributed by atoms with E-state index in [1.54, 1.807) is 0 Å². The van der Waals surface area contributed by atoms with E-state index < -0.39 is 7.55 Å². The van der Waals surface area contributed by atoms with Gasteiger partial charge >= 0.3 is 107 Å². The maximum Gasteiger partial charge on any atom is 4.00 e. The van der Waals surface area contributed by atoms with Gasteiger partial charge in [-0.25, -0.2) is 13.8 Å². The Hall–Kier alpha value is -1.35. The van der Waals surface area contributed by atoms with E-state index >= 15 is 0 Å². The maximum absolute atomic E-state index is 7.50. The number of hydrogen-bond acceptors (Lipinski definition) is 0. The predicted molar refractivity (Wildman–Crippen MR) is 94.0 cm³/mol. The van der Waals surface area contributed by atoms with Gasteiger partial charge in [-0.2, -0.15) is 0 Å². The largest absolute Gasteiger partial charge is 4.00 e. The summed E-state index contributed by atoms with van der Waals surface area (Å²) in [5.41, 5.74) is 0. The zero-order valence-corrected chi connectivity index (χ0v) is 20.2. The molecule has 0 amide bonds. The van der Waals surface area contributed by atoms with Gasteiger partial charge in [0.2, 0.25) is 0 Å². The average Bonchev–Trinajstić information content (AvgIpc) is 3.23. The summed E-state index contributed by atoms with van der Waals surface area (Å²) in [7, 11) is -0.511. The average molecular weight is 565 g/mol. The second kappa shape index (κ2) is 70.3. The first-order valence-corrected chi connectivity index (χ1v) is 7.85. The summed E-state index contributed by atoms with van der Waals surface area (Å²) in [6, 6.07) is 10.8. The molecule has 31 heavy (non-hydrogen) atoms. The summed E-state index contributed by atoms with van der Waals surface area (Å²) in [5.74, 6) is 5.34. The molecule has 0 saturated heterocycles. The molecule has 0 aliphatic carbocycles. The minimum Gasteiger partial charge on any atom is 0 e. The fourth-order valence-corrected chi connectivity index (χ4v) is 3.92. The molecular formula is C20H14FeMoO8P+. The van der Waals surface area contributed by atoms with Crippen molar-refractivity contribution in [1.29, 1.82) is 0 Å². The van der Waals surface area contributed by atoms with E-state index in [0.29, 0.717) is 0 Å². The molecule has 0 saturated carbocycles. The summed E-state index contributed by atoms with van der Waals surface area (Å²) in [6.45, 7) is 40.4. The van der Waals surface area contributed by atoms with E-state index in [9.17, 15) is 0 Å². The summed E-state index contributed by atoms with van der Waals surface area (Å²) in [4.78, 5) is 0. The first kappa shape index (κ1) is 57.1. The van der Waals surface area contributed by atoms with Crippen LogP contribution >= 0.6 is 7.55 Å². The molecule has 1 aromatic carbocycles. The smallest absolute Gasteiger partial charge is 0 e. The van der Waals surface area contributed by atoms with E-state index in [-0.39, 0.29) is 38.1 Å². The van der Waals surface area contributed by atoms with Gasteiger partial charge in [0.25, 0.3) is 0 Å². The van der Waals surface area contributed by atoms with Crippen LogP contribution in [-0.2, 0) is 75.4 Å². The van der Waals surface area contributed by atoms with Crippen molar-refractivity contribution in [2.75, 3.05) is 0 Å². The molecule has 0 aromatic heterocycles. The molecule has 1 aliphatic rings. The maximum atomic E-state index is 7.50. The van der Waals surface area contributed by atoms with Gasteiger partial charge in [-0.1, -0.05) is 35.6 Å². The summed E-state index contributed by atoms with van der Waals surface area (Å²) >= 11 is 0. The molecule has 1 aliphatic heterocycles. The third-order valence-corrected chi connectivity index (χ3v) is 4.96. The number of benzene rings is 1. The summed E-state index contributed by atoms with van der Waals surface area (Å²) in [6.07, 6.45) is 2.43. The molecule has 0 radical (unpaired) electrons. The number of rotatable bonds is 1. The number of hydrogen-bond donors (Lipinski definition) is 0. The molecule has 11 heteroatoms. The fraction of sp³-hybridized carbons (Fsp3) is 0.100. The van der Waals surface area contributed by atoms with Crippen molar-refractivity contribution < 1.29 is 75.4 Å². The standard InChI is InChI=1S/C12H14P.8CO.Fe.Mo/c1-10-8-13(9-11(10)2)12-6-4-3-5-7-12;8*1-2;;/h3-9,13H,1-2H3;;;;;;;;;;/q-3;;;;;;;;;+4;. The Morgan fingerprint density at radius 3 is 1.16 bits per heavy atom. The van der Waals surface area contributed by atoms with Crippen molar-refractivity contribution in [3.63, 3.8) is 0 Å². The van der Waals surface area contributed by atoms with Crippen molar-refractivity contribution in [1.82, 2.24) is 0 Å². The third kappa shape index (κ3) is 39.7.